The lowest BCUT2D eigenvalue weighted by Crippen LogP contribution is -2.42. The zero-order valence-corrected chi connectivity index (χ0v) is 15.7. The molecule has 9 heteroatoms. The van der Waals surface area contributed by atoms with Gasteiger partial charge in [-0.25, -0.2) is 12.7 Å². The van der Waals surface area contributed by atoms with Gasteiger partial charge in [0.15, 0.2) is 0 Å². The minimum absolute atomic E-state index is 0.307. The van der Waals surface area contributed by atoms with Gasteiger partial charge in [0, 0.05) is 25.8 Å². The minimum Gasteiger partial charge on any atom is -0.418 e. The lowest BCUT2D eigenvalue weighted by Gasteiger charge is -2.30. The summed E-state index contributed by atoms with van der Waals surface area (Å²) in [6.07, 6.45) is 3.20. The van der Waals surface area contributed by atoms with Crippen LogP contribution in [0.3, 0.4) is 0 Å². The Hall–Kier alpha value is -1.71. The molecule has 2 aromatic heterocycles. The third-order valence-corrected chi connectivity index (χ3v) is 5.99. The molecule has 1 saturated heterocycles. The van der Waals surface area contributed by atoms with Crippen LogP contribution in [0.5, 0.6) is 0 Å². The van der Waals surface area contributed by atoms with E-state index in [9.17, 15) is 8.42 Å². The van der Waals surface area contributed by atoms with Crippen molar-refractivity contribution in [3.63, 3.8) is 0 Å². The molecule has 1 atom stereocenters. The van der Waals surface area contributed by atoms with Gasteiger partial charge in [-0.2, -0.15) is 0 Å². The standard InChI is InChI=1S/C16H25N5O3S/c1-12-6-7-14(20(12)2)16-19-18-15(24-16)10-17-9-13-5-4-8-21(11-13)25(3,22)23/h6-7,13,17H,4-5,8-11H2,1-3H3/t13-/m1/s1. The molecule has 0 spiro atoms. The molecule has 1 fully saturated rings. The highest BCUT2D eigenvalue weighted by molar-refractivity contribution is 7.88. The van der Waals surface area contributed by atoms with Crippen molar-refractivity contribution >= 4 is 10.0 Å². The second-order valence-electron chi connectivity index (χ2n) is 6.68. The fourth-order valence-corrected chi connectivity index (χ4v) is 4.08. The molecule has 0 radical (unpaired) electrons. The molecule has 138 valence electrons. The average Bonchev–Trinajstić information content (AvgIpc) is 3.15. The van der Waals surface area contributed by atoms with E-state index in [0.717, 1.165) is 30.8 Å². The number of sulfonamides is 1. The van der Waals surface area contributed by atoms with Gasteiger partial charge in [0.25, 0.3) is 5.89 Å². The van der Waals surface area contributed by atoms with Crippen LogP contribution in [0, 0.1) is 12.8 Å². The summed E-state index contributed by atoms with van der Waals surface area (Å²) in [5, 5.41) is 11.5. The van der Waals surface area contributed by atoms with Gasteiger partial charge in [0.05, 0.1) is 12.8 Å². The maximum Gasteiger partial charge on any atom is 0.264 e. The number of rotatable bonds is 6. The number of nitrogens with zero attached hydrogens (tertiary/aromatic N) is 4. The zero-order chi connectivity index (χ0) is 18.0. The van der Waals surface area contributed by atoms with E-state index in [1.54, 1.807) is 4.31 Å². The van der Waals surface area contributed by atoms with Crippen LogP contribution in [-0.4, -0.2) is 53.4 Å². The Morgan fingerprint density at radius 2 is 2.16 bits per heavy atom. The third-order valence-electron chi connectivity index (χ3n) is 4.72. The van der Waals surface area contributed by atoms with Crippen LogP contribution >= 0.6 is 0 Å². The molecule has 25 heavy (non-hydrogen) atoms. The molecule has 0 saturated carbocycles. The molecule has 1 aliphatic rings. The lowest BCUT2D eigenvalue weighted by molar-refractivity contribution is 0.259. The predicted molar refractivity (Wildman–Crippen MR) is 94.3 cm³/mol. The number of piperidine rings is 1. The molecule has 2 aromatic rings. The van der Waals surface area contributed by atoms with Crippen molar-refractivity contribution in [3.8, 4) is 11.6 Å². The molecule has 0 aromatic carbocycles. The summed E-state index contributed by atoms with van der Waals surface area (Å²) in [5.74, 6) is 1.35. The summed E-state index contributed by atoms with van der Waals surface area (Å²) in [7, 11) is -1.14. The first-order valence-electron chi connectivity index (χ1n) is 8.45. The van der Waals surface area contributed by atoms with Gasteiger partial charge >= 0.3 is 0 Å². The fraction of sp³-hybridized carbons (Fsp3) is 0.625. The van der Waals surface area contributed by atoms with E-state index in [4.69, 9.17) is 4.42 Å². The van der Waals surface area contributed by atoms with E-state index in [-0.39, 0.29) is 0 Å². The van der Waals surface area contributed by atoms with Gasteiger partial charge in [-0.15, -0.1) is 10.2 Å². The molecule has 3 heterocycles. The van der Waals surface area contributed by atoms with Crippen molar-refractivity contribution in [2.24, 2.45) is 13.0 Å². The summed E-state index contributed by atoms with van der Waals surface area (Å²) >= 11 is 0. The summed E-state index contributed by atoms with van der Waals surface area (Å²) < 4.78 is 32.6. The van der Waals surface area contributed by atoms with Crippen LogP contribution in [0.15, 0.2) is 16.5 Å². The Kier molecular flexibility index (Phi) is 5.26. The van der Waals surface area contributed by atoms with Crippen LogP contribution in [0.1, 0.15) is 24.4 Å². The first-order valence-corrected chi connectivity index (χ1v) is 10.3. The molecule has 8 nitrogen and oxygen atoms in total. The van der Waals surface area contributed by atoms with Crippen LogP contribution in [-0.2, 0) is 23.6 Å². The van der Waals surface area contributed by atoms with Gasteiger partial charge < -0.3 is 14.3 Å². The molecule has 1 aliphatic heterocycles. The molecule has 1 N–H and O–H groups in total. The topological polar surface area (TPSA) is 93.3 Å². The Morgan fingerprint density at radius 1 is 1.36 bits per heavy atom. The quantitative estimate of drug-likeness (QED) is 0.823. The minimum atomic E-state index is -3.10. The van der Waals surface area contributed by atoms with E-state index < -0.39 is 10.0 Å². The monoisotopic (exact) mass is 367 g/mol. The second kappa shape index (κ2) is 7.27. The number of aryl methyl sites for hydroxylation is 1. The fourth-order valence-electron chi connectivity index (χ4n) is 3.13. The molecule has 0 aliphatic carbocycles. The van der Waals surface area contributed by atoms with Crippen molar-refractivity contribution in [3.05, 3.63) is 23.7 Å². The molecular weight excluding hydrogens is 342 g/mol. The first kappa shape index (κ1) is 18.1. The molecular formula is C16H25N5O3S. The van der Waals surface area contributed by atoms with E-state index in [1.165, 1.54) is 6.26 Å². The molecule has 0 bridgehead atoms. The van der Waals surface area contributed by atoms with Crippen LogP contribution in [0.4, 0.5) is 0 Å². The number of aromatic nitrogens is 3. The van der Waals surface area contributed by atoms with Crippen molar-refractivity contribution < 1.29 is 12.8 Å². The predicted octanol–water partition coefficient (Wildman–Crippen LogP) is 1.14. The number of hydrogen-bond donors (Lipinski definition) is 1. The van der Waals surface area contributed by atoms with Gasteiger partial charge in [0.1, 0.15) is 5.69 Å². The first-order chi connectivity index (χ1) is 11.8. The van der Waals surface area contributed by atoms with Crippen LogP contribution < -0.4 is 5.32 Å². The Bertz CT molecular complexity index is 827. The largest absolute Gasteiger partial charge is 0.418 e. The highest BCUT2D eigenvalue weighted by Crippen LogP contribution is 2.20. The van der Waals surface area contributed by atoms with E-state index in [0.29, 0.717) is 37.3 Å². The van der Waals surface area contributed by atoms with Crippen LogP contribution in [0.25, 0.3) is 11.6 Å². The normalized spacial score (nSPS) is 19.4. The summed E-state index contributed by atoms with van der Waals surface area (Å²) in [6.45, 7) is 4.42. The summed E-state index contributed by atoms with van der Waals surface area (Å²) in [4.78, 5) is 0. The molecule has 0 unspecified atom stereocenters. The zero-order valence-electron chi connectivity index (χ0n) is 14.9. The number of nitrogens with one attached hydrogen (secondary N) is 1. The average molecular weight is 367 g/mol. The van der Waals surface area contributed by atoms with Gasteiger partial charge in [-0.3, -0.25) is 0 Å². The van der Waals surface area contributed by atoms with Crippen molar-refractivity contribution in [2.75, 3.05) is 25.9 Å². The van der Waals surface area contributed by atoms with Gasteiger partial charge in [-0.1, -0.05) is 0 Å². The number of hydrogen-bond acceptors (Lipinski definition) is 6. The van der Waals surface area contributed by atoms with E-state index in [2.05, 4.69) is 15.5 Å². The maximum atomic E-state index is 11.7. The van der Waals surface area contributed by atoms with Crippen molar-refractivity contribution in [2.45, 2.75) is 26.3 Å². The Labute approximate surface area is 148 Å². The Morgan fingerprint density at radius 3 is 2.84 bits per heavy atom. The molecule has 3 rings (SSSR count). The van der Waals surface area contributed by atoms with Gasteiger partial charge in [-0.05, 0) is 44.4 Å². The van der Waals surface area contributed by atoms with Crippen molar-refractivity contribution in [1.82, 2.24) is 24.4 Å². The smallest absolute Gasteiger partial charge is 0.264 e. The highest BCUT2D eigenvalue weighted by Gasteiger charge is 2.25. The van der Waals surface area contributed by atoms with E-state index >= 15 is 0 Å². The molecule has 0 amide bonds. The second-order valence-corrected chi connectivity index (χ2v) is 8.66. The Balaban J connectivity index is 1.52. The third kappa shape index (κ3) is 4.28. The highest BCUT2D eigenvalue weighted by atomic mass is 32.2. The van der Waals surface area contributed by atoms with Gasteiger partial charge in [0.2, 0.25) is 15.9 Å². The van der Waals surface area contributed by atoms with Crippen molar-refractivity contribution in [1.29, 1.82) is 0 Å². The van der Waals surface area contributed by atoms with Crippen LogP contribution in [0.2, 0.25) is 0 Å². The maximum absolute atomic E-state index is 11.7. The lowest BCUT2D eigenvalue weighted by atomic mass is 10.00. The summed E-state index contributed by atoms with van der Waals surface area (Å²) in [5.41, 5.74) is 2.02. The summed E-state index contributed by atoms with van der Waals surface area (Å²) in [6, 6.07) is 3.97. The SMILES string of the molecule is Cc1ccc(-c2nnc(CNC[C@H]3CCCN(S(C)(=O)=O)C3)o2)n1C. The van der Waals surface area contributed by atoms with E-state index in [1.807, 2.05) is 30.7 Å².